The van der Waals surface area contributed by atoms with E-state index in [-0.39, 0.29) is 11.9 Å². The van der Waals surface area contributed by atoms with Gasteiger partial charge in [-0.25, -0.2) is 0 Å². The van der Waals surface area contributed by atoms with E-state index in [4.69, 9.17) is 4.74 Å². The smallest absolute Gasteiger partial charge is 0.309 e. The minimum absolute atomic E-state index is 0.0397. The van der Waals surface area contributed by atoms with Crippen molar-refractivity contribution in [3.05, 3.63) is 0 Å². The van der Waals surface area contributed by atoms with E-state index in [1.807, 2.05) is 13.8 Å². The number of ether oxygens (including phenoxy) is 1. The van der Waals surface area contributed by atoms with E-state index < -0.39 is 0 Å². The van der Waals surface area contributed by atoms with Gasteiger partial charge in [-0.3, -0.25) is 4.79 Å². The van der Waals surface area contributed by atoms with E-state index in [9.17, 15) is 4.79 Å². The Morgan fingerprint density at radius 1 is 1.36 bits per heavy atom. The third-order valence-electron chi connectivity index (χ3n) is 2.04. The number of hydrogen-bond acceptors (Lipinski definition) is 3. The summed E-state index contributed by atoms with van der Waals surface area (Å²) in [5.74, 6) is 0.459. The largest absolute Gasteiger partial charge is 0.465 e. The number of carbonyl (C=O) groups is 1. The van der Waals surface area contributed by atoms with Gasteiger partial charge in [0.05, 0.1) is 12.5 Å². The Morgan fingerprint density at radius 2 is 2.00 bits per heavy atom. The fraction of sp³-hybridized carbons (Fsp3) is 0.909. The first-order valence-corrected chi connectivity index (χ1v) is 5.45. The van der Waals surface area contributed by atoms with Gasteiger partial charge in [-0.2, -0.15) is 0 Å². The van der Waals surface area contributed by atoms with Crippen LogP contribution in [0.5, 0.6) is 0 Å². The van der Waals surface area contributed by atoms with Crippen molar-refractivity contribution in [2.45, 2.75) is 34.1 Å². The summed E-state index contributed by atoms with van der Waals surface area (Å²) >= 11 is 0. The van der Waals surface area contributed by atoms with Crippen LogP contribution in [0.15, 0.2) is 0 Å². The van der Waals surface area contributed by atoms with Gasteiger partial charge in [0.2, 0.25) is 0 Å². The highest BCUT2D eigenvalue weighted by molar-refractivity contribution is 5.72. The van der Waals surface area contributed by atoms with Crippen LogP contribution in [0.3, 0.4) is 0 Å². The maximum Gasteiger partial charge on any atom is 0.309 e. The Bertz CT molecular complexity index is 157. The lowest BCUT2D eigenvalue weighted by Gasteiger charge is -2.12. The lowest BCUT2D eigenvalue weighted by Crippen LogP contribution is -2.28. The summed E-state index contributed by atoms with van der Waals surface area (Å²) in [7, 11) is 0. The topological polar surface area (TPSA) is 38.3 Å². The molecule has 0 spiro atoms. The van der Waals surface area contributed by atoms with Crippen molar-refractivity contribution >= 4 is 5.97 Å². The lowest BCUT2D eigenvalue weighted by molar-refractivity contribution is -0.148. The van der Waals surface area contributed by atoms with Crippen molar-refractivity contribution in [2.75, 3.05) is 19.7 Å². The molecular weight excluding hydrogens is 178 g/mol. The molecule has 0 saturated heterocycles. The van der Waals surface area contributed by atoms with Crippen molar-refractivity contribution in [1.29, 1.82) is 0 Å². The molecule has 0 heterocycles. The van der Waals surface area contributed by atoms with Crippen molar-refractivity contribution in [3.8, 4) is 0 Å². The van der Waals surface area contributed by atoms with E-state index in [0.29, 0.717) is 19.1 Å². The highest BCUT2D eigenvalue weighted by Gasteiger charge is 2.13. The quantitative estimate of drug-likeness (QED) is 0.639. The molecule has 0 amide bonds. The molecular formula is C11H23NO2. The average Bonchev–Trinajstić information content (AvgIpc) is 2.13. The maximum atomic E-state index is 11.4. The van der Waals surface area contributed by atoms with Crippen LogP contribution in [0.1, 0.15) is 34.1 Å². The van der Waals surface area contributed by atoms with E-state index >= 15 is 0 Å². The lowest BCUT2D eigenvalue weighted by atomic mass is 10.1. The first kappa shape index (κ1) is 13.4. The van der Waals surface area contributed by atoms with Gasteiger partial charge in [0.25, 0.3) is 0 Å². The molecule has 0 aliphatic heterocycles. The summed E-state index contributed by atoms with van der Waals surface area (Å²) in [6, 6.07) is 0. The van der Waals surface area contributed by atoms with E-state index in [2.05, 4.69) is 19.2 Å². The van der Waals surface area contributed by atoms with Crippen LogP contribution >= 0.6 is 0 Å². The Labute approximate surface area is 87.2 Å². The molecule has 3 heteroatoms. The monoisotopic (exact) mass is 201 g/mol. The zero-order valence-electron chi connectivity index (χ0n) is 9.80. The first-order valence-electron chi connectivity index (χ1n) is 5.45. The van der Waals surface area contributed by atoms with E-state index in [0.717, 1.165) is 13.0 Å². The fourth-order valence-corrected chi connectivity index (χ4v) is 0.982. The van der Waals surface area contributed by atoms with Crippen LogP contribution in [0.25, 0.3) is 0 Å². The minimum atomic E-state index is -0.0911. The number of rotatable bonds is 7. The van der Waals surface area contributed by atoms with Gasteiger partial charge >= 0.3 is 5.97 Å². The summed E-state index contributed by atoms with van der Waals surface area (Å²) in [4.78, 5) is 11.4. The van der Waals surface area contributed by atoms with Gasteiger partial charge in [-0.05, 0) is 18.9 Å². The number of hydrogen-bond donors (Lipinski definition) is 1. The standard InChI is InChI=1S/C11H23NO2/c1-5-12-8-10(4)11(13)14-7-6-9(2)3/h9-10,12H,5-8H2,1-4H3. The maximum absolute atomic E-state index is 11.4. The molecule has 0 aromatic rings. The SMILES string of the molecule is CCNCC(C)C(=O)OCCC(C)C. The van der Waals surface area contributed by atoms with Crippen molar-refractivity contribution < 1.29 is 9.53 Å². The zero-order valence-corrected chi connectivity index (χ0v) is 9.80. The number of nitrogens with one attached hydrogen (secondary N) is 1. The van der Waals surface area contributed by atoms with Crippen LogP contribution in [-0.2, 0) is 9.53 Å². The average molecular weight is 201 g/mol. The Balaban J connectivity index is 3.52. The molecule has 1 N–H and O–H groups in total. The molecule has 0 aromatic carbocycles. The van der Waals surface area contributed by atoms with E-state index in [1.54, 1.807) is 0 Å². The van der Waals surface area contributed by atoms with Gasteiger partial charge in [-0.15, -0.1) is 0 Å². The minimum Gasteiger partial charge on any atom is -0.465 e. The summed E-state index contributed by atoms with van der Waals surface area (Å²) in [5.41, 5.74) is 0. The summed E-state index contributed by atoms with van der Waals surface area (Å²) < 4.78 is 5.13. The van der Waals surface area contributed by atoms with Gasteiger partial charge in [0, 0.05) is 6.54 Å². The predicted octanol–water partition coefficient (Wildman–Crippen LogP) is 1.82. The van der Waals surface area contributed by atoms with Crippen molar-refractivity contribution in [2.24, 2.45) is 11.8 Å². The third-order valence-corrected chi connectivity index (χ3v) is 2.04. The molecule has 1 atom stereocenters. The van der Waals surface area contributed by atoms with Gasteiger partial charge in [0.15, 0.2) is 0 Å². The molecule has 0 bridgehead atoms. The molecule has 0 fully saturated rings. The third kappa shape index (κ3) is 6.89. The molecule has 0 rings (SSSR count). The molecule has 0 saturated carbocycles. The fourth-order valence-electron chi connectivity index (χ4n) is 0.982. The molecule has 0 aliphatic rings. The summed E-state index contributed by atoms with van der Waals surface area (Å²) in [6.45, 7) is 10.3. The second kappa shape index (κ2) is 7.80. The molecule has 14 heavy (non-hydrogen) atoms. The van der Waals surface area contributed by atoms with Crippen LogP contribution in [-0.4, -0.2) is 25.7 Å². The zero-order chi connectivity index (χ0) is 11.0. The molecule has 1 unspecified atom stereocenters. The summed E-state index contributed by atoms with van der Waals surface area (Å²) in [5, 5.41) is 3.13. The van der Waals surface area contributed by atoms with E-state index in [1.165, 1.54) is 0 Å². The highest BCUT2D eigenvalue weighted by atomic mass is 16.5. The Kier molecular flexibility index (Phi) is 7.48. The molecule has 0 aliphatic carbocycles. The summed E-state index contributed by atoms with van der Waals surface area (Å²) in [6.07, 6.45) is 0.944. The first-order chi connectivity index (χ1) is 6.57. The van der Waals surface area contributed by atoms with Gasteiger partial charge < -0.3 is 10.1 Å². The highest BCUT2D eigenvalue weighted by Crippen LogP contribution is 2.02. The van der Waals surface area contributed by atoms with Crippen LogP contribution < -0.4 is 5.32 Å². The molecule has 0 radical (unpaired) electrons. The molecule has 0 aromatic heterocycles. The predicted molar refractivity (Wildman–Crippen MR) is 58.1 cm³/mol. The Hall–Kier alpha value is -0.570. The van der Waals surface area contributed by atoms with Gasteiger partial charge in [-0.1, -0.05) is 27.7 Å². The molecule has 84 valence electrons. The van der Waals surface area contributed by atoms with Crippen LogP contribution in [0.2, 0.25) is 0 Å². The second-order valence-electron chi connectivity index (χ2n) is 4.06. The van der Waals surface area contributed by atoms with Crippen molar-refractivity contribution in [1.82, 2.24) is 5.32 Å². The van der Waals surface area contributed by atoms with Gasteiger partial charge in [0.1, 0.15) is 0 Å². The Morgan fingerprint density at radius 3 is 2.50 bits per heavy atom. The second-order valence-corrected chi connectivity index (χ2v) is 4.06. The number of esters is 1. The normalized spacial score (nSPS) is 12.9. The molecule has 3 nitrogen and oxygen atoms in total. The van der Waals surface area contributed by atoms with Crippen LogP contribution in [0.4, 0.5) is 0 Å². The number of carbonyl (C=O) groups excluding carboxylic acids is 1. The van der Waals surface area contributed by atoms with Crippen molar-refractivity contribution in [3.63, 3.8) is 0 Å². The van der Waals surface area contributed by atoms with Crippen LogP contribution in [0, 0.1) is 11.8 Å².